The molecule has 4 nitrogen and oxygen atoms in total. The molecule has 0 radical (unpaired) electrons. The van der Waals surface area contributed by atoms with Crippen LogP contribution in [0.1, 0.15) is 10.4 Å². The molecule has 0 aliphatic carbocycles. The van der Waals surface area contributed by atoms with Crippen molar-refractivity contribution in [2.45, 2.75) is 0 Å². The number of pyridine rings is 1. The largest absolute Gasteiger partial charge is 0.478 e. The Labute approximate surface area is 101 Å². The molecule has 6 heteroatoms. The number of aromatic nitrogens is 1. The monoisotopic (exact) mass is 250 g/mol. The maximum atomic E-state index is 13.4. The van der Waals surface area contributed by atoms with Crippen LogP contribution in [0.3, 0.4) is 0 Å². The molecule has 0 saturated carbocycles. The van der Waals surface area contributed by atoms with E-state index in [9.17, 15) is 13.6 Å². The van der Waals surface area contributed by atoms with Crippen LogP contribution in [0.5, 0.6) is 0 Å². The third kappa shape index (κ3) is 2.42. The Bertz CT molecular complexity index is 602. The number of rotatable bonds is 3. The summed E-state index contributed by atoms with van der Waals surface area (Å²) in [6.07, 6.45) is 0.857. The molecule has 2 N–H and O–H groups in total. The summed E-state index contributed by atoms with van der Waals surface area (Å²) in [4.78, 5) is 14.5. The first-order valence-electron chi connectivity index (χ1n) is 4.98. The molecular formula is C12H8F2N2O2. The summed E-state index contributed by atoms with van der Waals surface area (Å²) in [5.41, 5.74) is -0.294. The highest BCUT2D eigenvalue weighted by atomic mass is 19.1. The number of hydrogen-bond donors (Lipinski definition) is 2. The smallest absolute Gasteiger partial charge is 0.339 e. The maximum absolute atomic E-state index is 13.4. The zero-order chi connectivity index (χ0) is 13.1. The molecule has 0 fully saturated rings. The molecule has 0 spiro atoms. The fourth-order valence-corrected chi connectivity index (χ4v) is 1.39. The standard InChI is InChI=1S/C12H8F2N2O2/c13-7-5-8(12(17)18)11(15-6-7)16-10-4-2-1-3-9(10)14/h1-6H,(H,15,16)(H,17,18). The Morgan fingerprint density at radius 3 is 2.67 bits per heavy atom. The molecule has 1 heterocycles. The number of anilines is 2. The van der Waals surface area contributed by atoms with Crippen LogP contribution in [0.2, 0.25) is 0 Å². The average Bonchev–Trinajstić information content (AvgIpc) is 2.34. The molecule has 1 aromatic heterocycles. The predicted molar refractivity (Wildman–Crippen MR) is 60.8 cm³/mol. The molecular weight excluding hydrogens is 242 g/mol. The number of hydrogen-bond acceptors (Lipinski definition) is 3. The predicted octanol–water partition coefficient (Wildman–Crippen LogP) is 2.80. The summed E-state index contributed by atoms with van der Waals surface area (Å²) >= 11 is 0. The molecule has 0 amide bonds. The van der Waals surface area contributed by atoms with E-state index >= 15 is 0 Å². The third-order valence-corrected chi connectivity index (χ3v) is 2.21. The minimum absolute atomic E-state index is 0.0686. The third-order valence-electron chi connectivity index (χ3n) is 2.21. The van der Waals surface area contributed by atoms with Gasteiger partial charge in [-0.1, -0.05) is 12.1 Å². The van der Waals surface area contributed by atoms with Gasteiger partial charge in [0.1, 0.15) is 23.0 Å². The molecule has 0 aliphatic rings. The molecule has 0 aliphatic heterocycles. The number of benzene rings is 1. The summed E-state index contributed by atoms with van der Waals surface area (Å²) < 4.78 is 26.3. The molecule has 2 aromatic rings. The van der Waals surface area contributed by atoms with Crippen molar-refractivity contribution in [3.8, 4) is 0 Å². The topological polar surface area (TPSA) is 62.2 Å². The van der Waals surface area contributed by atoms with Crippen LogP contribution in [0.15, 0.2) is 36.5 Å². The SMILES string of the molecule is O=C(O)c1cc(F)cnc1Nc1ccccc1F. The van der Waals surface area contributed by atoms with Crippen molar-refractivity contribution in [3.63, 3.8) is 0 Å². The molecule has 0 saturated heterocycles. The van der Waals surface area contributed by atoms with E-state index in [1.165, 1.54) is 18.2 Å². The number of nitrogens with zero attached hydrogens (tertiary/aromatic N) is 1. The van der Waals surface area contributed by atoms with Gasteiger partial charge in [-0.15, -0.1) is 0 Å². The zero-order valence-corrected chi connectivity index (χ0v) is 9.02. The fraction of sp³-hybridized carbons (Fsp3) is 0. The molecule has 92 valence electrons. The number of carboxylic acids is 1. The van der Waals surface area contributed by atoms with Gasteiger partial charge in [0.15, 0.2) is 0 Å². The zero-order valence-electron chi connectivity index (χ0n) is 9.02. The highest BCUT2D eigenvalue weighted by molar-refractivity contribution is 5.93. The van der Waals surface area contributed by atoms with Crippen molar-refractivity contribution in [1.29, 1.82) is 0 Å². The van der Waals surface area contributed by atoms with Crippen molar-refractivity contribution in [2.24, 2.45) is 0 Å². The lowest BCUT2D eigenvalue weighted by Gasteiger charge is -2.09. The number of aromatic carboxylic acids is 1. The van der Waals surface area contributed by atoms with Gasteiger partial charge in [0, 0.05) is 0 Å². The van der Waals surface area contributed by atoms with Gasteiger partial charge < -0.3 is 10.4 Å². The second kappa shape index (κ2) is 4.79. The highest BCUT2D eigenvalue weighted by Crippen LogP contribution is 2.21. The molecule has 18 heavy (non-hydrogen) atoms. The number of carbonyl (C=O) groups is 1. The summed E-state index contributed by atoms with van der Waals surface area (Å²) in [6, 6.07) is 6.53. The number of carboxylic acid groups (broad SMARTS) is 1. The minimum atomic E-state index is -1.35. The van der Waals surface area contributed by atoms with Gasteiger partial charge in [0.25, 0.3) is 0 Å². The van der Waals surface area contributed by atoms with E-state index < -0.39 is 17.6 Å². The van der Waals surface area contributed by atoms with E-state index in [1.807, 2.05) is 0 Å². The van der Waals surface area contributed by atoms with Crippen molar-refractivity contribution in [3.05, 3.63) is 53.7 Å². The summed E-state index contributed by atoms with van der Waals surface area (Å²) in [5, 5.41) is 11.4. The Balaban J connectivity index is 2.41. The molecule has 1 aromatic carbocycles. The maximum Gasteiger partial charge on any atom is 0.339 e. The summed E-state index contributed by atoms with van der Waals surface area (Å²) in [6.45, 7) is 0. The first-order valence-corrected chi connectivity index (χ1v) is 4.98. The lowest BCUT2D eigenvalue weighted by Crippen LogP contribution is -2.06. The fourth-order valence-electron chi connectivity index (χ4n) is 1.39. The Kier molecular flexibility index (Phi) is 3.18. The van der Waals surface area contributed by atoms with Crippen LogP contribution >= 0.6 is 0 Å². The number of nitrogens with one attached hydrogen (secondary N) is 1. The second-order valence-corrected chi connectivity index (χ2v) is 3.46. The van der Waals surface area contributed by atoms with Gasteiger partial charge in [-0.2, -0.15) is 0 Å². The first kappa shape index (κ1) is 12.0. The lowest BCUT2D eigenvalue weighted by molar-refractivity contribution is 0.0697. The van der Waals surface area contributed by atoms with E-state index in [0.717, 1.165) is 12.3 Å². The summed E-state index contributed by atoms with van der Waals surface area (Å²) in [5.74, 6) is -2.79. The van der Waals surface area contributed by atoms with E-state index in [4.69, 9.17) is 5.11 Å². The Morgan fingerprint density at radius 1 is 1.28 bits per heavy atom. The molecule has 0 atom stereocenters. The minimum Gasteiger partial charge on any atom is -0.478 e. The Morgan fingerprint density at radius 2 is 2.00 bits per heavy atom. The normalized spacial score (nSPS) is 10.1. The van der Waals surface area contributed by atoms with E-state index in [-0.39, 0.29) is 17.1 Å². The second-order valence-electron chi connectivity index (χ2n) is 3.46. The average molecular weight is 250 g/mol. The van der Waals surface area contributed by atoms with Gasteiger partial charge in [-0.3, -0.25) is 0 Å². The first-order chi connectivity index (χ1) is 8.58. The molecule has 2 rings (SSSR count). The van der Waals surface area contributed by atoms with E-state index in [1.54, 1.807) is 6.07 Å². The van der Waals surface area contributed by atoms with Gasteiger partial charge in [-0.25, -0.2) is 18.6 Å². The summed E-state index contributed by atoms with van der Waals surface area (Å²) in [7, 11) is 0. The van der Waals surface area contributed by atoms with Crippen LogP contribution in [-0.4, -0.2) is 16.1 Å². The molecule has 0 bridgehead atoms. The van der Waals surface area contributed by atoms with Crippen molar-refractivity contribution in [1.82, 2.24) is 4.98 Å². The van der Waals surface area contributed by atoms with Gasteiger partial charge in [0.05, 0.1) is 11.9 Å². The molecule has 0 unspecified atom stereocenters. The van der Waals surface area contributed by atoms with Crippen LogP contribution < -0.4 is 5.32 Å². The van der Waals surface area contributed by atoms with Gasteiger partial charge >= 0.3 is 5.97 Å². The van der Waals surface area contributed by atoms with Crippen LogP contribution in [-0.2, 0) is 0 Å². The van der Waals surface area contributed by atoms with Gasteiger partial charge in [0.2, 0.25) is 0 Å². The van der Waals surface area contributed by atoms with Crippen molar-refractivity contribution < 1.29 is 18.7 Å². The number of para-hydroxylation sites is 1. The van der Waals surface area contributed by atoms with Crippen LogP contribution in [0.25, 0.3) is 0 Å². The highest BCUT2D eigenvalue weighted by Gasteiger charge is 2.14. The number of halogens is 2. The van der Waals surface area contributed by atoms with Gasteiger partial charge in [-0.05, 0) is 18.2 Å². The quantitative estimate of drug-likeness (QED) is 0.879. The van der Waals surface area contributed by atoms with Crippen LogP contribution in [0, 0.1) is 11.6 Å². The van der Waals surface area contributed by atoms with E-state index in [2.05, 4.69) is 10.3 Å². The van der Waals surface area contributed by atoms with Crippen molar-refractivity contribution >= 4 is 17.5 Å². The van der Waals surface area contributed by atoms with Crippen molar-refractivity contribution in [2.75, 3.05) is 5.32 Å². The Hall–Kier alpha value is -2.50. The van der Waals surface area contributed by atoms with Crippen LogP contribution in [0.4, 0.5) is 20.3 Å². The lowest BCUT2D eigenvalue weighted by atomic mass is 10.2. The van der Waals surface area contributed by atoms with E-state index in [0.29, 0.717) is 0 Å².